The molecule has 14 heteroatoms. The van der Waals surface area contributed by atoms with Gasteiger partial charge in [0.2, 0.25) is 23.6 Å². The van der Waals surface area contributed by atoms with Crippen LogP contribution < -0.4 is 27.4 Å². The van der Waals surface area contributed by atoms with Crippen LogP contribution in [0.4, 0.5) is 0 Å². The number of nitrogens with two attached hydrogens (primary N) is 2. The minimum Gasteiger partial charge on any atom is -0.481 e. The van der Waals surface area contributed by atoms with E-state index in [2.05, 4.69) is 16.0 Å². The van der Waals surface area contributed by atoms with Crippen LogP contribution in [0.5, 0.6) is 0 Å². The summed E-state index contributed by atoms with van der Waals surface area (Å²) in [6, 6.07) is -5.88. The average molecular weight is 461 g/mol. The zero-order valence-electron chi connectivity index (χ0n) is 18.0. The number of carbonyl (C=O) groups is 6. The van der Waals surface area contributed by atoms with E-state index in [-0.39, 0.29) is 12.8 Å². The number of hydrogen-bond acceptors (Lipinski definition) is 8. The van der Waals surface area contributed by atoms with E-state index in [0.717, 1.165) is 6.92 Å². The molecular weight excluding hydrogens is 430 g/mol. The van der Waals surface area contributed by atoms with Gasteiger partial charge in [-0.2, -0.15) is 0 Å². The fraction of sp³-hybridized carbons (Fsp3) is 0.667. The van der Waals surface area contributed by atoms with E-state index in [1.807, 2.05) is 0 Å². The predicted molar refractivity (Wildman–Crippen MR) is 109 cm³/mol. The molecule has 0 rings (SSSR count). The summed E-state index contributed by atoms with van der Waals surface area (Å²) >= 11 is 0. The molecule has 0 aliphatic carbocycles. The molecule has 4 amide bonds. The Kier molecular flexibility index (Phi) is 11.9. The predicted octanol–water partition coefficient (Wildman–Crippen LogP) is -3.37. The highest BCUT2D eigenvalue weighted by atomic mass is 16.4. The van der Waals surface area contributed by atoms with E-state index in [0.29, 0.717) is 0 Å². The van der Waals surface area contributed by atoms with Gasteiger partial charge in [-0.05, 0) is 19.3 Å². The molecule has 0 aromatic heterocycles. The van der Waals surface area contributed by atoms with E-state index < -0.39 is 78.2 Å². The Morgan fingerprint density at radius 3 is 1.78 bits per heavy atom. The number of hydrogen-bond donors (Lipinski definition) is 8. The fourth-order valence-electron chi connectivity index (χ4n) is 2.51. The highest BCUT2D eigenvalue weighted by Gasteiger charge is 2.34. The van der Waals surface area contributed by atoms with Crippen molar-refractivity contribution in [1.82, 2.24) is 16.0 Å². The van der Waals surface area contributed by atoms with Crippen molar-refractivity contribution in [2.24, 2.45) is 17.4 Å². The average Bonchev–Trinajstić information content (AvgIpc) is 2.65. The van der Waals surface area contributed by atoms with Gasteiger partial charge in [-0.15, -0.1) is 0 Å². The Morgan fingerprint density at radius 2 is 1.38 bits per heavy atom. The first kappa shape index (κ1) is 28.7. The van der Waals surface area contributed by atoms with Crippen LogP contribution in [-0.4, -0.2) is 81.2 Å². The maximum absolute atomic E-state index is 12.6. The molecule has 0 aromatic rings. The second-order valence-corrected chi connectivity index (χ2v) is 7.57. The van der Waals surface area contributed by atoms with Gasteiger partial charge in [0.25, 0.3) is 0 Å². The van der Waals surface area contributed by atoms with Crippen LogP contribution in [0.2, 0.25) is 0 Å². The second-order valence-electron chi connectivity index (χ2n) is 7.57. The lowest BCUT2D eigenvalue weighted by Crippen LogP contribution is -2.60. The zero-order valence-corrected chi connectivity index (χ0v) is 18.0. The van der Waals surface area contributed by atoms with Crippen molar-refractivity contribution in [3.8, 4) is 0 Å². The topological polar surface area (TPSA) is 251 Å². The lowest BCUT2D eigenvalue weighted by Gasteiger charge is -2.26. The van der Waals surface area contributed by atoms with Crippen molar-refractivity contribution >= 4 is 35.6 Å². The molecule has 0 aliphatic rings. The van der Waals surface area contributed by atoms with Crippen molar-refractivity contribution in [3.05, 3.63) is 0 Å². The van der Waals surface area contributed by atoms with Gasteiger partial charge in [0.05, 0.1) is 18.6 Å². The fourth-order valence-corrected chi connectivity index (χ4v) is 2.51. The maximum atomic E-state index is 12.6. The third-order valence-electron chi connectivity index (χ3n) is 4.34. The third-order valence-corrected chi connectivity index (χ3v) is 4.34. The number of carboxylic acids is 2. The maximum Gasteiger partial charge on any atom is 0.326 e. The zero-order chi connectivity index (χ0) is 25.2. The van der Waals surface area contributed by atoms with Crippen LogP contribution in [-0.2, 0) is 28.8 Å². The van der Waals surface area contributed by atoms with E-state index in [1.54, 1.807) is 0 Å². The van der Waals surface area contributed by atoms with Crippen LogP contribution in [0.25, 0.3) is 0 Å². The van der Waals surface area contributed by atoms with Gasteiger partial charge >= 0.3 is 11.9 Å². The number of primary amides is 1. The van der Waals surface area contributed by atoms with Crippen molar-refractivity contribution in [2.75, 3.05) is 0 Å². The quantitative estimate of drug-likeness (QED) is 0.127. The number of aliphatic hydroxyl groups excluding tert-OH is 1. The molecule has 0 spiro atoms. The summed E-state index contributed by atoms with van der Waals surface area (Å²) < 4.78 is 0. The SMILES string of the molecule is CC(C)[C@H](NC(=O)[C@H](CC(=O)O)NC(=O)[C@@H](NC(=O)[C@@H](N)CCC(N)=O)[C@@H](C)O)C(=O)O. The lowest BCUT2D eigenvalue weighted by molar-refractivity contribution is -0.144. The van der Waals surface area contributed by atoms with Crippen molar-refractivity contribution < 1.29 is 44.1 Å². The number of nitrogens with one attached hydrogen (secondary N) is 3. The van der Waals surface area contributed by atoms with Gasteiger partial charge in [-0.3, -0.25) is 24.0 Å². The minimum atomic E-state index is -1.69. The first-order valence-electron chi connectivity index (χ1n) is 9.75. The molecule has 0 saturated carbocycles. The van der Waals surface area contributed by atoms with E-state index in [9.17, 15) is 39.0 Å². The molecule has 0 bridgehead atoms. The molecular formula is C18H31N5O9. The van der Waals surface area contributed by atoms with Gasteiger partial charge in [0.1, 0.15) is 18.1 Å². The molecule has 0 aromatic carbocycles. The number of rotatable bonds is 14. The summed E-state index contributed by atoms with van der Waals surface area (Å²) in [6.07, 6.45) is -2.67. The molecule has 0 aliphatic heterocycles. The van der Waals surface area contributed by atoms with E-state index in [4.69, 9.17) is 16.6 Å². The molecule has 32 heavy (non-hydrogen) atoms. The van der Waals surface area contributed by atoms with E-state index in [1.165, 1.54) is 13.8 Å². The number of aliphatic carboxylic acids is 2. The molecule has 182 valence electrons. The van der Waals surface area contributed by atoms with Crippen LogP contribution in [0, 0.1) is 5.92 Å². The number of amides is 4. The number of carbonyl (C=O) groups excluding carboxylic acids is 4. The molecule has 14 nitrogen and oxygen atoms in total. The summed E-state index contributed by atoms with van der Waals surface area (Å²) in [4.78, 5) is 70.4. The van der Waals surface area contributed by atoms with E-state index >= 15 is 0 Å². The third kappa shape index (κ3) is 10.2. The number of aliphatic hydroxyl groups is 1. The Labute approximate surface area is 184 Å². The smallest absolute Gasteiger partial charge is 0.326 e. The Balaban J connectivity index is 5.41. The van der Waals surface area contributed by atoms with Gasteiger partial charge in [-0.25, -0.2) is 4.79 Å². The first-order valence-corrected chi connectivity index (χ1v) is 9.75. The van der Waals surface area contributed by atoms with Crippen LogP contribution in [0.1, 0.15) is 40.0 Å². The van der Waals surface area contributed by atoms with Crippen molar-refractivity contribution in [2.45, 2.75) is 70.3 Å². The lowest BCUT2D eigenvalue weighted by atomic mass is 10.0. The number of carboxylic acid groups (broad SMARTS) is 2. The van der Waals surface area contributed by atoms with Crippen LogP contribution in [0.15, 0.2) is 0 Å². The van der Waals surface area contributed by atoms with Crippen LogP contribution in [0.3, 0.4) is 0 Å². The largest absolute Gasteiger partial charge is 0.481 e. The van der Waals surface area contributed by atoms with Gasteiger partial charge in [0.15, 0.2) is 0 Å². The van der Waals surface area contributed by atoms with Gasteiger partial charge < -0.3 is 42.7 Å². The summed E-state index contributed by atoms with van der Waals surface area (Å²) in [7, 11) is 0. The summed E-state index contributed by atoms with van der Waals surface area (Å²) in [5.41, 5.74) is 10.6. The van der Waals surface area contributed by atoms with Gasteiger partial charge in [-0.1, -0.05) is 13.8 Å². The Morgan fingerprint density at radius 1 is 0.844 bits per heavy atom. The Bertz CT molecular complexity index is 726. The molecule has 0 heterocycles. The minimum absolute atomic E-state index is 0.120. The normalized spacial score (nSPS) is 15.6. The summed E-state index contributed by atoms with van der Waals surface area (Å²) in [6.45, 7) is 4.19. The molecule has 0 unspecified atom stereocenters. The summed E-state index contributed by atoms with van der Waals surface area (Å²) in [5.74, 6) is -7.12. The van der Waals surface area contributed by atoms with Crippen LogP contribution >= 0.6 is 0 Å². The highest BCUT2D eigenvalue weighted by Crippen LogP contribution is 2.05. The molecule has 0 radical (unpaired) electrons. The first-order chi connectivity index (χ1) is 14.7. The van der Waals surface area contributed by atoms with Gasteiger partial charge in [0, 0.05) is 6.42 Å². The molecule has 5 atom stereocenters. The van der Waals surface area contributed by atoms with Crippen molar-refractivity contribution in [3.63, 3.8) is 0 Å². The molecule has 10 N–H and O–H groups in total. The molecule has 0 saturated heterocycles. The summed E-state index contributed by atoms with van der Waals surface area (Å²) in [5, 5.41) is 34.5. The second kappa shape index (κ2) is 13.2. The molecule has 0 fully saturated rings. The van der Waals surface area contributed by atoms with Crippen molar-refractivity contribution in [1.29, 1.82) is 0 Å². The monoisotopic (exact) mass is 461 g/mol. The standard InChI is InChI=1S/C18H31N5O9/c1-7(2)13(18(31)32)22-16(29)10(6-12(26)27)21-17(30)14(8(3)24)23-15(28)9(19)4-5-11(20)25/h7-10,13-14,24H,4-6,19H2,1-3H3,(H2,20,25)(H,21,30)(H,22,29)(H,23,28)(H,26,27)(H,31,32)/t8-,9+,10+,13+,14+/m1/s1. The highest BCUT2D eigenvalue weighted by molar-refractivity contribution is 5.95. The Hall–Kier alpha value is -3.26.